The zero-order valence-corrected chi connectivity index (χ0v) is 20.6. The summed E-state index contributed by atoms with van der Waals surface area (Å²) in [5, 5.41) is 15.9. The van der Waals surface area contributed by atoms with E-state index in [9.17, 15) is 9.90 Å². The second kappa shape index (κ2) is 10.5. The van der Waals surface area contributed by atoms with Crippen molar-refractivity contribution in [1.29, 1.82) is 0 Å². The van der Waals surface area contributed by atoms with E-state index in [0.29, 0.717) is 12.6 Å². The molecule has 2 fully saturated rings. The number of hydrogen-bond donors (Lipinski definition) is 3. The lowest BCUT2D eigenvalue weighted by atomic mass is 9.72. The van der Waals surface area contributed by atoms with E-state index in [1.54, 1.807) is 0 Å². The van der Waals surface area contributed by atoms with Gasteiger partial charge in [-0.25, -0.2) is 4.98 Å². The normalized spacial score (nSPS) is 20.1. The molecule has 1 saturated heterocycles. The lowest BCUT2D eigenvalue weighted by Crippen LogP contribution is -2.49. The van der Waals surface area contributed by atoms with Gasteiger partial charge in [0.15, 0.2) is 0 Å². The van der Waals surface area contributed by atoms with Gasteiger partial charge in [-0.1, -0.05) is 49.6 Å². The van der Waals surface area contributed by atoms with Crippen molar-refractivity contribution in [3.63, 3.8) is 0 Å². The molecule has 8 heteroatoms. The number of nitrogens with one attached hydrogen (secondary N) is 2. The molecule has 34 heavy (non-hydrogen) atoms. The second-order valence-electron chi connectivity index (χ2n) is 9.79. The van der Waals surface area contributed by atoms with Crippen molar-refractivity contribution in [1.82, 2.24) is 15.3 Å². The number of aryl methyl sites for hydroxylation is 1. The molecule has 0 unspecified atom stereocenters. The third-order valence-corrected chi connectivity index (χ3v) is 8.74. The monoisotopic (exact) mass is 481 g/mol. The molecule has 0 radical (unpaired) electrons. The Morgan fingerprint density at radius 1 is 1.12 bits per heavy atom. The van der Waals surface area contributed by atoms with Gasteiger partial charge >= 0.3 is 0 Å². The van der Waals surface area contributed by atoms with E-state index in [-0.39, 0.29) is 11.3 Å². The van der Waals surface area contributed by atoms with Gasteiger partial charge in [0.1, 0.15) is 12.4 Å². The molecule has 1 aromatic heterocycles. The molecule has 3 aliphatic rings. The Hall–Kier alpha value is -2.32. The van der Waals surface area contributed by atoms with Crippen LogP contribution < -0.4 is 15.5 Å². The quantitative estimate of drug-likeness (QED) is 0.557. The van der Waals surface area contributed by atoms with Crippen LogP contribution in [0.4, 0.5) is 11.8 Å². The first-order valence-electron chi connectivity index (χ1n) is 12.7. The number of aromatic nitrogens is 2. The molecule has 1 aromatic carbocycles. The largest absolute Gasteiger partial charge is 0.387 e. The van der Waals surface area contributed by atoms with Crippen LogP contribution in [0.15, 0.2) is 35.2 Å². The maximum atomic E-state index is 11.8. The summed E-state index contributed by atoms with van der Waals surface area (Å²) in [6.45, 7) is 1.71. The first-order valence-corrected chi connectivity index (χ1v) is 13.6. The number of benzene rings is 1. The predicted octanol–water partition coefficient (Wildman–Crippen LogP) is 3.52. The van der Waals surface area contributed by atoms with Gasteiger partial charge in [-0.2, -0.15) is 4.98 Å². The Bertz CT molecular complexity index is 988. The third kappa shape index (κ3) is 5.03. The van der Waals surface area contributed by atoms with E-state index in [1.165, 1.54) is 48.3 Å². The zero-order valence-electron chi connectivity index (χ0n) is 19.8. The smallest absolute Gasteiger partial charge is 0.245 e. The molecule has 2 aliphatic heterocycles. The fourth-order valence-electron chi connectivity index (χ4n) is 5.55. The number of carbonyl (C=O) groups excluding carboxylic acids is 1. The van der Waals surface area contributed by atoms with E-state index < -0.39 is 6.61 Å². The molecule has 1 amide bonds. The number of thioether (sulfide) groups is 1. The predicted molar refractivity (Wildman–Crippen MR) is 137 cm³/mol. The molecule has 2 aromatic rings. The molecule has 182 valence electrons. The van der Waals surface area contributed by atoms with Crippen LogP contribution >= 0.6 is 11.8 Å². The van der Waals surface area contributed by atoms with Crippen LogP contribution in [-0.2, 0) is 16.6 Å². The van der Waals surface area contributed by atoms with Crippen LogP contribution in [-0.4, -0.2) is 59.0 Å². The first kappa shape index (κ1) is 23.4. The van der Waals surface area contributed by atoms with Gasteiger partial charge < -0.3 is 20.6 Å². The Morgan fingerprint density at radius 3 is 2.62 bits per heavy atom. The number of fused-ring (bicyclic) bond motifs is 1. The number of piperidine rings is 1. The van der Waals surface area contributed by atoms with Gasteiger partial charge in [0.25, 0.3) is 0 Å². The van der Waals surface area contributed by atoms with Crippen LogP contribution in [0.25, 0.3) is 0 Å². The van der Waals surface area contributed by atoms with Crippen LogP contribution in [0.2, 0.25) is 0 Å². The Balaban J connectivity index is 1.34. The number of amides is 1. The van der Waals surface area contributed by atoms with Crippen molar-refractivity contribution in [3.8, 4) is 0 Å². The number of rotatable bonds is 7. The highest BCUT2D eigenvalue weighted by molar-refractivity contribution is 7.99. The molecule has 0 spiro atoms. The lowest BCUT2D eigenvalue weighted by molar-refractivity contribution is -0.124. The maximum Gasteiger partial charge on any atom is 0.245 e. The van der Waals surface area contributed by atoms with E-state index in [1.807, 2.05) is 17.8 Å². The molecular formula is C26H35N5O2S. The third-order valence-electron chi connectivity index (χ3n) is 7.61. The Morgan fingerprint density at radius 2 is 1.88 bits per heavy atom. The molecular weight excluding hydrogens is 446 g/mol. The summed E-state index contributed by atoms with van der Waals surface area (Å²) in [7, 11) is 0. The molecule has 1 saturated carbocycles. The minimum atomic E-state index is -0.477. The van der Waals surface area contributed by atoms with Crippen molar-refractivity contribution in [2.75, 3.05) is 42.2 Å². The standard InChI is InChI=1S/C26H35N5O2S/c32-17-22(33)27-18-26(19-7-3-1-4-8-19)12-14-31(15-13-26)25-29-21-11-16-34-23(21)24(30-25)28-20-9-5-2-6-10-20/h1,3-4,7-8,20,32H,2,5-6,9-18H2,(H,27,33)(H,28,29,30). The topological polar surface area (TPSA) is 90.4 Å². The number of hydrogen-bond acceptors (Lipinski definition) is 7. The number of nitrogens with zero attached hydrogens (tertiary/aromatic N) is 3. The van der Waals surface area contributed by atoms with Crippen molar-refractivity contribution < 1.29 is 9.90 Å². The number of anilines is 2. The van der Waals surface area contributed by atoms with Crippen molar-refractivity contribution in [3.05, 3.63) is 41.6 Å². The van der Waals surface area contributed by atoms with E-state index in [4.69, 9.17) is 9.97 Å². The molecule has 3 heterocycles. The van der Waals surface area contributed by atoms with Gasteiger partial charge in [-0.05, 0) is 31.2 Å². The lowest BCUT2D eigenvalue weighted by Gasteiger charge is -2.42. The summed E-state index contributed by atoms with van der Waals surface area (Å²) < 4.78 is 0. The highest BCUT2D eigenvalue weighted by Gasteiger charge is 2.37. The van der Waals surface area contributed by atoms with E-state index in [0.717, 1.165) is 49.9 Å². The minimum absolute atomic E-state index is 0.154. The van der Waals surface area contributed by atoms with Crippen molar-refractivity contribution in [2.24, 2.45) is 0 Å². The van der Waals surface area contributed by atoms with Gasteiger partial charge in [0.05, 0.1) is 10.6 Å². The fraction of sp³-hybridized carbons (Fsp3) is 0.577. The van der Waals surface area contributed by atoms with E-state index in [2.05, 4.69) is 39.8 Å². The molecule has 1 aliphatic carbocycles. The van der Waals surface area contributed by atoms with E-state index >= 15 is 0 Å². The summed E-state index contributed by atoms with van der Waals surface area (Å²) >= 11 is 1.88. The van der Waals surface area contributed by atoms with Gasteiger partial charge in [0.2, 0.25) is 11.9 Å². The summed E-state index contributed by atoms with van der Waals surface area (Å²) in [5.41, 5.74) is 2.26. The van der Waals surface area contributed by atoms with Gasteiger partial charge in [-0.15, -0.1) is 11.8 Å². The Labute approximate surface area is 206 Å². The molecule has 3 N–H and O–H groups in total. The van der Waals surface area contributed by atoms with Crippen LogP contribution in [0.1, 0.15) is 56.2 Å². The second-order valence-corrected chi connectivity index (χ2v) is 10.9. The number of carbonyl (C=O) groups is 1. The highest BCUT2D eigenvalue weighted by atomic mass is 32.2. The van der Waals surface area contributed by atoms with Crippen LogP contribution in [0.3, 0.4) is 0 Å². The SMILES string of the molecule is O=C(CO)NCC1(c2ccccc2)CCN(c2nc3c(c(NC4CCCCC4)n2)SCC3)CC1. The summed E-state index contributed by atoms with van der Waals surface area (Å²) in [6.07, 6.45) is 9.17. The highest BCUT2D eigenvalue weighted by Crippen LogP contribution is 2.40. The molecule has 7 nitrogen and oxygen atoms in total. The van der Waals surface area contributed by atoms with Crippen molar-refractivity contribution in [2.45, 2.75) is 67.7 Å². The fourth-order valence-corrected chi connectivity index (χ4v) is 6.61. The molecule has 5 rings (SSSR count). The summed E-state index contributed by atoms with van der Waals surface area (Å²) in [4.78, 5) is 25.4. The van der Waals surface area contributed by atoms with Crippen LogP contribution in [0, 0.1) is 0 Å². The average molecular weight is 482 g/mol. The van der Waals surface area contributed by atoms with Gasteiger partial charge in [0, 0.05) is 43.3 Å². The zero-order chi connectivity index (χ0) is 23.4. The van der Waals surface area contributed by atoms with Gasteiger partial charge in [-0.3, -0.25) is 4.79 Å². The summed E-state index contributed by atoms with van der Waals surface area (Å²) in [6, 6.07) is 11.0. The minimum Gasteiger partial charge on any atom is -0.387 e. The molecule has 0 atom stereocenters. The summed E-state index contributed by atoms with van der Waals surface area (Å²) in [5.74, 6) is 2.62. The number of aliphatic hydroxyl groups is 1. The van der Waals surface area contributed by atoms with Crippen molar-refractivity contribution >= 4 is 29.4 Å². The number of aliphatic hydroxyl groups excluding tert-OH is 1. The average Bonchev–Trinajstić information content (AvgIpc) is 3.38. The Kier molecular flexibility index (Phi) is 7.25. The first-order chi connectivity index (χ1) is 16.7. The maximum absolute atomic E-state index is 11.8. The molecule has 0 bridgehead atoms. The van der Waals surface area contributed by atoms with Crippen LogP contribution in [0.5, 0.6) is 0 Å².